The Morgan fingerprint density at radius 3 is 2.09 bits per heavy atom. The number of fused-ring (bicyclic) bond motifs is 1. The summed E-state index contributed by atoms with van der Waals surface area (Å²) in [5, 5.41) is 8.93. The summed E-state index contributed by atoms with van der Waals surface area (Å²) in [4.78, 5) is 39.4. The molecule has 0 spiro atoms. The summed E-state index contributed by atoms with van der Waals surface area (Å²) in [6.07, 6.45) is -0.432. The third-order valence-electron chi connectivity index (χ3n) is 7.30. The molecule has 13 nitrogen and oxygen atoms in total. The van der Waals surface area contributed by atoms with Crippen LogP contribution in [0.25, 0.3) is 28.0 Å². The fourth-order valence-electron chi connectivity index (χ4n) is 4.72. The Labute approximate surface area is 314 Å². The lowest BCUT2D eigenvalue weighted by atomic mass is 10.0. The number of benzene rings is 2. The third kappa shape index (κ3) is 10.8. The second-order valence-electron chi connectivity index (χ2n) is 11.1. The lowest BCUT2D eigenvalue weighted by Gasteiger charge is -2.12. The number of esters is 3. The molecule has 3 heterocycles. The number of alkyl halides is 3. The van der Waals surface area contributed by atoms with Gasteiger partial charge in [-0.3, -0.25) is 9.36 Å². The average Bonchev–Trinajstić information content (AvgIpc) is 3.68. The molecule has 17 heteroatoms. The second kappa shape index (κ2) is 19.3. The molecule has 3 aromatic heterocycles. The molecule has 54 heavy (non-hydrogen) atoms. The zero-order valence-electron chi connectivity index (χ0n) is 30.7. The van der Waals surface area contributed by atoms with Crippen molar-refractivity contribution in [1.82, 2.24) is 24.5 Å². The van der Waals surface area contributed by atoms with Crippen molar-refractivity contribution in [2.24, 2.45) is 14.1 Å². The second-order valence-corrected chi connectivity index (χ2v) is 11.5. The molecule has 0 bridgehead atoms. The summed E-state index contributed by atoms with van der Waals surface area (Å²) in [5.74, 6) is -1.23. The largest absolute Gasteiger partial charge is 0.496 e. The highest BCUT2D eigenvalue weighted by atomic mass is 35.5. The van der Waals surface area contributed by atoms with Crippen molar-refractivity contribution < 1.29 is 46.5 Å². The van der Waals surface area contributed by atoms with Gasteiger partial charge in [-0.25, -0.2) is 19.4 Å². The SMILES string of the molecule is CCOC(=O)C=C(OC)c1cccc(C(F)(F)F)c1.CCOC(=O)c1c(-c2cccc(C)c2)nc2c(cnn2C)c1Cl.CCOC(=O)c1cnn(C)c1N. The van der Waals surface area contributed by atoms with E-state index in [-0.39, 0.29) is 30.1 Å². The predicted molar refractivity (Wildman–Crippen MR) is 196 cm³/mol. The van der Waals surface area contributed by atoms with Crippen molar-refractivity contribution in [3.05, 3.63) is 99.8 Å². The van der Waals surface area contributed by atoms with Crippen molar-refractivity contribution in [2.45, 2.75) is 33.9 Å². The van der Waals surface area contributed by atoms with Crippen LogP contribution < -0.4 is 5.73 Å². The van der Waals surface area contributed by atoms with E-state index in [1.165, 1.54) is 30.1 Å². The molecule has 0 unspecified atom stereocenters. The molecule has 0 saturated heterocycles. The Kier molecular flexibility index (Phi) is 15.2. The zero-order valence-corrected chi connectivity index (χ0v) is 31.4. The third-order valence-corrected chi connectivity index (χ3v) is 7.69. The number of carbonyl (C=O) groups excluding carboxylic acids is 3. The predicted octanol–water partition coefficient (Wildman–Crippen LogP) is 7.21. The molecule has 0 amide bonds. The number of pyridine rings is 1. The van der Waals surface area contributed by atoms with Crippen LogP contribution in [-0.4, -0.2) is 69.4 Å². The van der Waals surface area contributed by atoms with Gasteiger partial charge in [-0.1, -0.05) is 47.5 Å². The maximum Gasteiger partial charge on any atom is 0.416 e. The lowest BCUT2D eigenvalue weighted by molar-refractivity contribution is -0.138. The fraction of sp³-hybridized carbons (Fsp3) is 0.297. The Morgan fingerprint density at radius 2 is 1.52 bits per heavy atom. The van der Waals surface area contributed by atoms with Gasteiger partial charge >= 0.3 is 24.1 Å². The fourth-order valence-corrected chi connectivity index (χ4v) is 5.02. The van der Waals surface area contributed by atoms with E-state index in [0.717, 1.165) is 29.3 Å². The van der Waals surface area contributed by atoms with Crippen LogP contribution in [0.4, 0.5) is 19.0 Å². The van der Waals surface area contributed by atoms with Crippen LogP contribution in [0.15, 0.2) is 67.0 Å². The van der Waals surface area contributed by atoms with E-state index in [4.69, 9.17) is 31.5 Å². The van der Waals surface area contributed by atoms with Gasteiger partial charge < -0.3 is 24.7 Å². The average molecular weight is 773 g/mol. The topological polar surface area (TPSA) is 163 Å². The van der Waals surface area contributed by atoms with Crippen LogP contribution in [0.1, 0.15) is 58.2 Å². The molecule has 0 saturated carbocycles. The lowest BCUT2D eigenvalue weighted by Crippen LogP contribution is -2.09. The zero-order chi connectivity index (χ0) is 40.2. The van der Waals surface area contributed by atoms with Crippen LogP contribution in [0.2, 0.25) is 5.02 Å². The molecule has 5 aromatic rings. The highest BCUT2D eigenvalue weighted by Crippen LogP contribution is 2.34. The molecule has 0 fully saturated rings. The minimum atomic E-state index is -4.45. The van der Waals surface area contributed by atoms with Crippen molar-refractivity contribution >= 4 is 52.1 Å². The van der Waals surface area contributed by atoms with Crippen LogP contribution >= 0.6 is 11.6 Å². The number of nitrogen functional groups attached to an aromatic ring is 1. The minimum Gasteiger partial charge on any atom is -0.496 e. The standard InChI is InChI=1S/C17H16ClN3O2.C13H13F3O3.C7H11N3O2/c1-4-23-17(22)13-14(18)12-9-19-21(3)16(12)20-15(13)11-7-5-6-10(2)8-11;1-3-19-12(17)8-11(18-2)9-5-4-6-10(7-9)13(14,15)16;1-3-12-7(11)5-4-9-10(2)6(5)8/h5-9H,4H2,1-3H3;4-8H,3H2,1-2H3;4H,3,8H2,1-2H3. The van der Waals surface area contributed by atoms with Crippen molar-refractivity contribution in [3.8, 4) is 11.3 Å². The Hall–Kier alpha value is -5.90. The molecule has 2 aromatic carbocycles. The van der Waals surface area contributed by atoms with Gasteiger partial charge in [0.05, 0.1) is 67.1 Å². The first-order valence-corrected chi connectivity index (χ1v) is 16.7. The van der Waals surface area contributed by atoms with Gasteiger partial charge in [0.25, 0.3) is 0 Å². The first-order chi connectivity index (χ1) is 25.6. The molecular formula is C37H40ClF3N6O7. The van der Waals surface area contributed by atoms with Gasteiger partial charge in [-0.05, 0) is 45.9 Å². The quantitative estimate of drug-likeness (QED) is 0.0697. The number of nitrogens with zero attached hydrogens (tertiary/aromatic N) is 5. The van der Waals surface area contributed by atoms with Gasteiger partial charge in [-0.2, -0.15) is 23.4 Å². The van der Waals surface area contributed by atoms with Crippen LogP contribution in [0.3, 0.4) is 0 Å². The first kappa shape index (κ1) is 42.5. The number of hydrogen-bond donors (Lipinski definition) is 1. The molecular weight excluding hydrogens is 733 g/mol. The van der Waals surface area contributed by atoms with Crippen molar-refractivity contribution in [1.29, 1.82) is 0 Å². The number of ether oxygens (including phenoxy) is 4. The number of rotatable bonds is 9. The number of anilines is 1. The molecule has 0 aliphatic carbocycles. The van der Waals surface area contributed by atoms with Crippen LogP contribution in [-0.2, 0) is 44.0 Å². The summed E-state index contributed by atoms with van der Waals surface area (Å²) in [7, 11) is 4.72. The molecule has 0 aliphatic rings. The van der Waals surface area contributed by atoms with Gasteiger partial charge in [0.1, 0.15) is 22.7 Å². The summed E-state index contributed by atoms with van der Waals surface area (Å²) in [6.45, 7) is 7.90. The smallest absolute Gasteiger partial charge is 0.416 e. The molecule has 0 aliphatic heterocycles. The van der Waals surface area contributed by atoms with Crippen LogP contribution in [0.5, 0.6) is 0 Å². The monoisotopic (exact) mass is 772 g/mol. The van der Waals surface area contributed by atoms with Crippen molar-refractivity contribution in [2.75, 3.05) is 32.7 Å². The van der Waals surface area contributed by atoms with E-state index in [2.05, 4.69) is 19.9 Å². The number of methoxy groups -OCH3 is 1. The molecule has 0 radical (unpaired) electrons. The van der Waals surface area contributed by atoms with E-state index in [1.54, 1.807) is 45.7 Å². The van der Waals surface area contributed by atoms with Gasteiger partial charge in [0.15, 0.2) is 5.65 Å². The molecule has 2 N–H and O–H groups in total. The van der Waals surface area contributed by atoms with Gasteiger partial charge in [0, 0.05) is 25.2 Å². The maximum absolute atomic E-state index is 12.6. The number of aryl methyl sites for hydroxylation is 3. The van der Waals surface area contributed by atoms with Gasteiger partial charge in [-0.15, -0.1) is 0 Å². The van der Waals surface area contributed by atoms with E-state index in [9.17, 15) is 27.6 Å². The van der Waals surface area contributed by atoms with E-state index < -0.39 is 29.6 Å². The Balaban J connectivity index is 0.000000229. The van der Waals surface area contributed by atoms with E-state index in [0.29, 0.717) is 39.7 Å². The first-order valence-electron chi connectivity index (χ1n) is 16.4. The highest BCUT2D eigenvalue weighted by molar-refractivity contribution is 6.38. The molecule has 288 valence electrons. The molecule has 0 atom stereocenters. The van der Waals surface area contributed by atoms with Crippen molar-refractivity contribution in [3.63, 3.8) is 0 Å². The van der Waals surface area contributed by atoms with E-state index >= 15 is 0 Å². The Bertz CT molecular complexity index is 2130. The summed E-state index contributed by atoms with van der Waals surface area (Å²) in [6, 6.07) is 12.3. The highest BCUT2D eigenvalue weighted by Gasteiger charge is 2.31. The number of hydrogen-bond acceptors (Lipinski definition) is 11. The maximum atomic E-state index is 12.6. The number of halogens is 4. The normalized spacial score (nSPS) is 11.1. The number of nitrogens with two attached hydrogens (primary N) is 1. The van der Waals surface area contributed by atoms with Gasteiger partial charge in [0.2, 0.25) is 0 Å². The van der Waals surface area contributed by atoms with E-state index in [1.807, 2.05) is 31.2 Å². The van der Waals surface area contributed by atoms with Crippen LogP contribution in [0, 0.1) is 6.92 Å². The summed E-state index contributed by atoms with van der Waals surface area (Å²) in [5.41, 5.74) is 8.50. The minimum absolute atomic E-state index is 0.0181. The molecule has 5 rings (SSSR count). The number of aromatic nitrogens is 5. The number of carbonyl (C=O) groups is 3. The summed E-state index contributed by atoms with van der Waals surface area (Å²) < 4.78 is 60.3. The summed E-state index contributed by atoms with van der Waals surface area (Å²) >= 11 is 6.49. The Morgan fingerprint density at radius 1 is 0.889 bits per heavy atom.